The molecular weight excluding hydrogens is 173 g/mol. The quantitative estimate of drug-likeness (QED) is 0.658. The largest absolute Gasteiger partial charge is 0.471 e. The first-order valence-corrected chi connectivity index (χ1v) is 3.20. The molecule has 0 rings (SSSR count). The SMILES string of the molecule is N#CCCCNC(=O)C(F)(F)F. The number of alkyl halides is 3. The van der Waals surface area contributed by atoms with E-state index < -0.39 is 12.1 Å². The smallest absolute Gasteiger partial charge is 0.348 e. The summed E-state index contributed by atoms with van der Waals surface area (Å²) in [6, 6.07) is 1.75. The van der Waals surface area contributed by atoms with Crippen molar-refractivity contribution in [2.24, 2.45) is 0 Å². The number of amides is 1. The lowest BCUT2D eigenvalue weighted by Gasteiger charge is -2.05. The lowest BCUT2D eigenvalue weighted by atomic mass is 10.3. The zero-order valence-corrected chi connectivity index (χ0v) is 6.11. The zero-order valence-electron chi connectivity index (χ0n) is 6.11. The Morgan fingerprint density at radius 2 is 2.08 bits per heavy atom. The summed E-state index contributed by atoms with van der Waals surface area (Å²) in [5, 5.41) is 9.65. The van der Waals surface area contributed by atoms with E-state index in [9.17, 15) is 18.0 Å². The molecule has 0 saturated heterocycles. The Morgan fingerprint density at radius 1 is 1.50 bits per heavy atom. The lowest BCUT2D eigenvalue weighted by molar-refractivity contribution is -0.173. The molecule has 0 atom stereocenters. The zero-order chi connectivity index (χ0) is 9.61. The molecule has 0 spiro atoms. The Hall–Kier alpha value is -1.25. The molecule has 0 heterocycles. The number of nitrogens with one attached hydrogen (secondary N) is 1. The molecule has 0 fully saturated rings. The maximum atomic E-state index is 11.5. The molecule has 3 nitrogen and oxygen atoms in total. The number of nitrogens with zero attached hydrogens (tertiary/aromatic N) is 1. The average Bonchev–Trinajstić information content (AvgIpc) is 1.96. The number of unbranched alkanes of at least 4 members (excludes halogenated alkanes) is 1. The third-order valence-corrected chi connectivity index (χ3v) is 1.01. The summed E-state index contributed by atoms with van der Waals surface area (Å²) in [6.07, 6.45) is -4.46. The highest BCUT2D eigenvalue weighted by Gasteiger charge is 2.37. The molecule has 1 N–H and O–H groups in total. The summed E-state index contributed by atoms with van der Waals surface area (Å²) < 4.78 is 34.4. The number of carbonyl (C=O) groups is 1. The molecule has 0 aromatic carbocycles. The minimum atomic E-state index is -4.83. The number of hydrogen-bond acceptors (Lipinski definition) is 2. The van der Waals surface area contributed by atoms with Crippen LogP contribution in [0, 0.1) is 11.3 Å². The number of rotatable bonds is 3. The van der Waals surface area contributed by atoms with Crippen LogP contribution >= 0.6 is 0 Å². The van der Waals surface area contributed by atoms with Crippen LogP contribution in [-0.4, -0.2) is 18.6 Å². The fraction of sp³-hybridized carbons (Fsp3) is 0.667. The van der Waals surface area contributed by atoms with Crippen LogP contribution in [0.15, 0.2) is 0 Å². The van der Waals surface area contributed by atoms with Crippen LogP contribution in [0.2, 0.25) is 0 Å². The monoisotopic (exact) mass is 180 g/mol. The molecule has 0 aromatic rings. The van der Waals surface area contributed by atoms with Gasteiger partial charge >= 0.3 is 12.1 Å². The van der Waals surface area contributed by atoms with E-state index in [1.807, 2.05) is 0 Å². The summed E-state index contributed by atoms with van der Waals surface area (Å²) in [4.78, 5) is 10.1. The van der Waals surface area contributed by atoms with E-state index in [1.54, 1.807) is 11.4 Å². The van der Waals surface area contributed by atoms with Gasteiger partial charge in [0.2, 0.25) is 0 Å². The maximum absolute atomic E-state index is 11.5. The lowest BCUT2D eigenvalue weighted by Crippen LogP contribution is -2.37. The summed E-state index contributed by atoms with van der Waals surface area (Å²) in [5.41, 5.74) is 0. The van der Waals surface area contributed by atoms with Crippen LogP contribution in [0.4, 0.5) is 13.2 Å². The molecule has 1 amide bonds. The van der Waals surface area contributed by atoms with Crippen molar-refractivity contribution in [3.8, 4) is 6.07 Å². The summed E-state index contributed by atoms with van der Waals surface area (Å²) in [5.74, 6) is -1.96. The number of hydrogen-bond donors (Lipinski definition) is 1. The van der Waals surface area contributed by atoms with Crippen LogP contribution in [0.1, 0.15) is 12.8 Å². The van der Waals surface area contributed by atoms with Crippen molar-refractivity contribution in [1.82, 2.24) is 5.32 Å². The fourth-order valence-electron chi connectivity index (χ4n) is 0.470. The third-order valence-electron chi connectivity index (χ3n) is 1.01. The highest BCUT2D eigenvalue weighted by molar-refractivity contribution is 5.81. The van der Waals surface area contributed by atoms with E-state index in [0.29, 0.717) is 0 Å². The second-order valence-electron chi connectivity index (χ2n) is 2.02. The van der Waals surface area contributed by atoms with Gasteiger partial charge in [-0.05, 0) is 6.42 Å². The third kappa shape index (κ3) is 4.55. The molecule has 0 aromatic heterocycles. The molecule has 0 saturated carbocycles. The van der Waals surface area contributed by atoms with E-state index >= 15 is 0 Å². The van der Waals surface area contributed by atoms with Crippen molar-refractivity contribution in [1.29, 1.82) is 5.26 Å². The van der Waals surface area contributed by atoms with Gasteiger partial charge in [-0.15, -0.1) is 0 Å². The molecule has 6 heteroatoms. The van der Waals surface area contributed by atoms with Crippen molar-refractivity contribution in [3.63, 3.8) is 0 Å². The van der Waals surface area contributed by atoms with Gasteiger partial charge in [-0.25, -0.2) is 0 Å². The second kappa shape index (κ2) is 4.59. The van der Waals surface area contributed by atoms with Gasteiger partial charge in [0, 0.05) is 13.0 Å². The standard InChI is InChI=1S/C6H7F3N2O/c7-6(8,9)5(12)11-4-2-1-3-10/h1-2,4H2,(H,11,12). The molecule has 0 bridgehead atoms. The van der Waals surface area contributed by atoms with Crippen LogP contribution in [0.3, 0.4) is 0 Å². The van der Waals surface area contributed by atoms with Crippen molar-refractivity contribution in [2.75, 3.05) is 6.54 Å². The van der Waals surface area contributed by atoms with Crippen molar-refractivity contribution >= 4 is 5.91 Å². The van der Waals surface area contributed by atoms with E-state index in [1.165, 1.54) is 0 Å². The van der Waals surface area contributed by atoms with Crippen molar-refractivity contribution < 1.29 is 18.0 Å². The van der Waals surface area contributed by atoms with E-state index in [2.05, 4.69) is 0 Å². The topological polar surface area (TPSA) is 52.9 Å². The van der Waals surface area contributed by atoms with Gasteiger partial charge < -0.3 is 5.32 Å². The Labute approximate surface area is 67.2 Å². The van der Waals surface area contributed by atoms with Crippen molar-refractivity contribution in [3.05, 3.63) is 0 Å². The van der Waals surface area contributed by atoms with Gasteiger partial charge in [-0.2, -0.15) is 18.4 Å². The Kier molecular flexibility index (Phi) is 4.11. The summed E-state index contributed by atoms with van der Waals surface area (Å²) >= 11 is 0. The molecular formula is C6H7F3N2O. The van der Waals surface area contributed by atoms with Crippen LogP contribution < -0.4 is 5.32 Å². The molecule has 0 aliphatic heterocycles. The Bertz CT molecular complexity index is 194. The second-order valence-corrected chi connectivity index (χ2v) is 2.02. The Morgan fingerprint density at radius 3 is 2.50 bits per heavy atom. The average molecular weight is 180 g/mol. The molecule has 12 heavy (non-hydrogen) atoms. The molecule has 0 aliphatic carbocycles. The van der Waals surface area contributed by atoms with Gasteiger partial charge in [-0.3, -0.25) is 4.79 Å². The predicted octanol–water partition coefficient (Wildman–Crippen LogP) is 0.969. The predicted molar refractivity (Wildman–Crippen MR) is 33.9 cm³/mol. The van der Waals surface area contributed by atoms with Gasteiger partial charge in [0.15, 0.2) is 0 Å². The number of carbonyl (C=O) groups excluding carboxylic acids is 1. The normalized spacial score (nSPS) is 10.5. The molecule has 0 radical (unpaired) electrons. The first kappa shape index (κ1) is 10.8. The highest BCUT2D eigenvalue weighted by atomic mass is 19.4. The molecule has 0 aliphatic rings. The Balaban J connectivity index is 3.53. The minimum Gasteiger partial charge on any atom is -0.348 e. The number of nitriles is 1. The fourth-order valence-corrected chi connectivity index (χ4v) is 0.470. The van der Waals surface area contributed by atoms with Crippen LogP contribution in [-0.2, 0) is 4.79 Å². The first-order chi connectivity index (χ1) is 5.48. The van der Waals surface area contributed by atoms with E-state index in [0.717, 1.165) is 0 Å². The molecule has 0 unspecified atom stereocenters. The minimum absolute atomic E-state index is 0.119. The van der Waals surface area contributed by atoms with Crippen LogP contribution in [0.25, 0.3) is 0 Å². The van der Waals surface area contributed by atoms with Gasteiger partial charge in [0.1, 0.15) is 0 Å². The summed E-state index contributed by atoms with van der Waals surface area (Å²) in [6.45, 7) is -0.119. The maximum Gasteiger partial charge on any atom is 0.471 e. The highest BCUT2D eigenvalue weighted by Crippen LogP contribution is 2.13. The van der Waals surface area contributed by atoms with E-state index in [-0.39, 0.29) is 19.4 Å². The van der Waals surface area contributed by atoms with Crippen molar-refractivity contribution in [2.45, 2.75) is 19.0 Å². The van der Waals surface area contributed by atoms with Crippen LogP contribution in [0.5, 0.6) is 0 Å². The first-order valence-electron chi connectivity index (χ1n) is 3.20. The number of halogens is 3. The van der Waals surface area contributed by atoms with Gasteiger partial charge in [0.05, 0.1) is 6.07 Å². The molecule has 68 valence electrons. The van der Waals surface area contributed by atoms with Gasteiger partial charge in [0.25, 0.3) is 0 Å². The van der Waals surface area contributed by atoms with Gasteiger partial charge in [-0.1, -0.05) is 0 Å². The summed E-state index contributed by atoms with van der Waals surface area (Å²) in [7, 11) is 0. The van der Waals surface area contributed by atoms with E-state index in [4.69, 9.17) is 5.26 Å².